The highest BCUT2D eigenvalue weighted by Gasteiger charge is 2.22. The number of hydrogen-bond acceptors (Lipinski definition) is 4. The van der Waals surface area contributed by atoms with Crippen molar-refractivity contribution in [2.45, 2.75) is 25.9 Å². The number of carbonyl (C=O) groups is 1. The highest BCUT2D eigenvalue weighted by molar-refractivity contribution is 5.97. The number of carbonyl (C=O) groups excluding carboxylic acids is 1. The van der Waals surface area contributed by atoms with Gasteiger partial charge < -0.3 is 11.1 Å². The lowest BCUT2D eigenvalue weighted by atomic mass is 10.1. The Balaban J connectivity index is 2.02. The van der Waals surface area contributed by atoms with E-state index in [1.165, 1.54) is 0 Å². The molecule has 0 aliphatic heterocycles. The minimum atomic E-state index is -0.910. The van der Waals surface area contributed by atoms with E-state index in [1.807, 2.05) is 12.1 Å². The summed E-state index contributed by atoms with van der Waals surface area (Å²) in [6.07, 6.45) is 6.84. The third-order valence-electron chi connectivity index (χ3n) is 2.57. The molecule has 0 spiro atoms. The molecular formula is C13H17N5O. The van der Waals surface area contributed by atoms with Crippen molar-refractivity contribution in [1.82, 2.24) is 14.8 Å². The molecule has 6 heteroatoms. The Morgan fingerprint density at radius 2 is 2.11 bits per heavy atom. The largest absolute Gasteiger partial charge is 0.322 e. The Hall–Kier alpha value is -2.21. The van der Waals surface area contributed by atoms with E-state index in [0.717, 1.165) is 5.56 Å². The van der Waals surface area contributed by atoms with E-state index >= 15 is 0 Å². The topological polar surface area (TPSA) is 85.8 Å². The Morgan fingerprint density at radius 3 is 2.74 bits per heavy atom. The van der Waals surface area contributed by atoms with Crippen LogP contribution >= 0.6 is 0 Å². The molecular weight excluding hydrogens is 242 g/mol. The molecule has 2 aromatic heterocycles. The van der Waals surface area contributed by atoms with Gasteiger partial charge in [-0.15, -0.1) is 0 Å². The van der Waals surface area contributed by atoms with Gasteiger partial charge >= 0.3 is 0 Å². The van der Waals surface area contributed by atoms with Gasteiger partial charge in [-0.1, -0.05) is 0 Å². The van der Waals surface area contributed by atoms with Gasteiger partial charge in [0.15, 0.2) is 0 Å². The molecule has 0 aliphatic rings. The van der Waals surface area contributed by atoms with Crippen LogP contribution in [0.5, 0.6) is 0 Å². The zero-order valence-corrected chi connectivity index (χ0v) is 11.0. The maximum Gasteiger partial charge on any atom is 0.243 e. The van der Waals surface area contributed by atoms with Gasteiger partial charge in [0.2, 0.25) is 5.91 Å². The highest BCUT2D eigenvalue weighted by atomic mass is 16.2. The van der Waals surface area contributed by atoms with Gasteiger partial charge in [-0.25, -0.2) is 0 Å². The second-order valence-electron chi connectivity index (χ2n) is 4.96. The SMILES string of the molecule is CC(C)(N)C(=O)Nc1cnn(Cc2ccncc2)c1. The number of rotatable bonds is 4. The van der Waals surface area contributed by atoms with E-state index in [0.29, 0.717) is 12.2 Å². The zero-order valence-electron chi connectivity index (χ0n) is 11.0. The van der Waals surface area contributed by atoms with E-state index in [-0.39, 0.29) is 5.91 Å². The van der Waals surface area contributed by atoms with Crippen molar-refractivity contribution in [3.8, 4) is 0 Å². The Kier molecular flexibility index (Phi) is 3.62. The summed E-state index contributed by atoms with van der Waals surface area (Å²) in [6.45, 7) is 3.94. The van der Waals surface area contributed by atoms with Crippen LogP contribution in [0.1, 0.15) is 19.4 Å². The first-order chi connectivity index (χ1) is 8.95. The van der Waals surface area contributed by atoms with E-state index in [4.69, 9.17) is 5.73 Å². The molecule has 0 atom stereocenters. The number of amides is 1. The van der Waals surface area contributed by atoms with Crippen LogP contribution in [0.15, 0.2) is 36.9 Å². The van der Waals surface area contributed by atoms with E-state index in [2.05, 4.69) is 15.4 Å². The van der Waals surface area contributed by atoms with Gasteiger partial charge in [0.05, 0.1) is 24.0 Å². The maximum atomic E-state index is 11.7. The summed E-state index contributed by atoms with van der Waals surface area (Å²) >= 11 is 0. The van der Waals surface area contributed by atoms with Crippen LogP contribution in [0.4, 0.5) is 5.69 Å². The molecule has 3 N–H and O–H groups in total. The highest BCUT2D eigenvalue weighted by Crippen LogP contribution is 2.09. The van der Waals surface area contributed by atoms with Gasteiger partial charge in [0.25, 0.3) is 0 Å². The summed E-state index contributed by atoms with van der Waals surface area (Å²) in [5.74, 6) is -0.240. The first-order valence-corrected chi connectivity index (χ1v) is 5.97. The first kappa shape index (κ1) is 13.2. The van der Waals surface area contributed by atoms with Crippen LogP contribution < -0.4 is 11.1 Å². The summed E-state index contributed by atoms with van der Waals surface area (Å²) in [4.78, 5) is 15.7. The van der Waals surface area contributed by atoms with Crippen molar-refractivity contribution in [3.05, 3.63) is 42.5 Å². The van der Waals surface area contributed by atoms with Crippen molar-refractivity contribution in [2.24, 2.45) is 5.73 Å². The second-order valence-corrected chi connectivity index (χ2v) is 4.96. The standard InChI is InChI=1S/C13H17N5O/c1-13(2,14)12(19)17-11-7-16-18(9-11)8-10-3-5-15-6-4-10/h3-7,9H,8,14H2,1-2H3,(H,17,19). The predicted octanol–water partition coefficient (Wildman–Crippen LogP) is 1.00. The van der Waals surface area contributed by atoms with Crippen molar-refractivity contribution >= 4 is 11.6 Å². The number of anilines is 1. The lowest BCUT2D eigenvalue weighted by molar-refractivity contribution is -0.120. The fourth-order valence-electron chi connectivity index (χ4n) is 1.48. The molecule has 19 heavy (non-hydrogen) atoms. The monoisotopic (exact) mass is 259 g/mol. The molecule has 0 saturated carbocycles. The van der Waals surface area contributed by atoms with Crippen LogP contribution in [-0.2, 0) is 11.3 Å². The van der Waals surface area contributed by atoms with E-state index in [9.17, 15) is 4.79 Å². The van der Waals surface area contributed by atoms with Crippen molar-refractivity contribution in [3.63, 3.8) is 0 Å². The fraction of sp³-hybridized carbons (Fsp3) is 0.308. The molecule has 1 amide bonds. The minimum absolute atomic E-state index is 0.240. The average molecular weight is 259 g/mol. The van der Waals surface area contributed by atoms with Gasteiger partial charge in [-0.05, 0) is 31.5 Å². The molecule has 6 nitrogen and oxygen atoms in total. The van der Waals surface area contributed by atoms with Crippen molar-refractivity contribution < 1.29 is 4.79 Å². The Morgan fingerprint density at radius 1 is 1.42 bits per heavy atom. The number of nitrogens with two attached hydrogens (primary N) is 1. The van der Waals surface area contributed by atoms with E-state index in [1.54, 1.807) is 43.3 Å². The summed E-state index contributed by atoms with van der Waals surface area (Å²) in [5.41, 5.74) is 6.53. The molecule has 2 rings (SSSR count). The van der Waals surface area contributed by atoms with Gasteiger partial charge in [0.1, 0.15) is 0 Å². The van der Waals surface area contributed by atoms with Gasteiger partial charge in [0, 0.05) is 18.6 Å². The number of pyridine rings is 1. The molecule has 0 fully saturated rings. The first-order valence-electron chi connectivity index (χ1n) is 5.97. The Labute approximate surface area is 111 Å². The minimum Gasteiger partial charge on any atom is -0.322 e. The lowest BCUT2D eigenvalue weighted by Gasteiger charge is -2.16. The smallest absolute Gasteiger partial charge is 0.243 e. The third kappa shape index (κ3) is 3.62. The molecule has 0 radical (unpaired) electrons. The summed E-state index contributed by atoms with van der Waals surface area (Å²) in [5, 5.41) is 6.92. The van der Waals surface area contributed by atoms with Crippen LogP contribution in [-0.4, -0.2) is 26.2 Å². The fourth-order valence-corrected chi connectivity index (χ4v) is 1.48. The third-order valence-corrected chi connectivity index (χ3v) is 2.57. The van der Waals surface area contributed by atoms with Crippen molar-refractivity contribution in [2.75, 3.05) is 5.32 Å². The summed E-state index contributed by atoms with van der Waals surface area (Å²) in [7, 11) is 0. The Bertz CT molecular complexity index is 556. The summed E-state index contributed by atoms with van der Waals surface area (Å²) < 4.78 is 1.74. The van der Waals surface area contributed by atoms with Gasteiger partial charge in [-0.3, -0.25) is 14.5 Å². The quantitative estimate of drug-likeness (QED) is 0.857. The zero-order chi connectivity index (χ0) is 13.9. The number of nitrogens with one attached hydrogen (secondary N) is 1. The molecule has 0 unspecified atom stereocenters. The molecule has 0 aliphatic carbocycles. The molecule has 100 valence electrons. The van der Waals surface area contributed by atoms with Gasteiger partial charge in [-0.2, -0.15) is 5.10 Å². The summed E-state index contributed by atoms with van der Waals surface area (Å²) in [6, 6.07) is 3.84. The molecule has 2 aromatic rings. The van der Waals surface area contributed by atoms with Crippen LogP contribution in [0.3, 0.4) is 0 Å². The van der Waals surface area contributed by atoms with Crippen LogP contribution in [0, 0.1) is 0 Å². The molecule has 0 bridgehead atoms. The number of aromatic nitrogens is 3. The van der Waals surface area contributed by atoms with Crippen molar-refractivity contribution in [1.29, 1.82) is 0 Å². The lowest BCUT2D eigenvalue weighted by Crippen LogP contribution is -2.45. The maximum absolute atomic E-state index is 11.7. The molecule has 0 aromatic carbocycles. The molecule has 0 saturated heterocycles. The number of nitrogens with zero attached hydrogens (tertiary/aromatic N) is 3. The average Bonchev–Trinajstić information content (AvgIpc) is 2.76. The van der Waals surface area contributed by atoms with Crippen LogP contribution in [0.2, 0.25) is 0 Å². The normalized spacial score (nSPS) is 11.3. The number of hydrogen-bond donors (Lipinski definition) is 2. The predicted molar refractivity (Wildman–Crippen MR) is 72.5 cm³/mol. The molecule has 2 heterocycles. The van der Waals surface area contributed by atoms with E-state index < -0.39 is 5.54 Å². The second kappa shape index (κ2) is 5.19. The van der Waals surface area contributed by atoms with Crippen LogP contribution in [0.25, 0.3) is 0 Å².